The third-order valence-electron chi connectivity index (χ3n) is 4.41. The fourth-order valence-corrected chi connectivity index (χ4v) is 2.88. The van der Waals surface area contributed by atoms with E-state index in [4.69, 9.17) is 9.47 Å². The van der Waals surface area contributed by atoms with Gasteiger partial charge in [0.15, 0.2) is 6.61 Å². The maximum atomic E-state index is 12.2. The van der Waals surface area contributed by atoms with E-state index in [0.717, 1.165) is 23.2 Å². The molecule has 0 atom stereocenters. The van der Waals surface area contributed by atoms with Gasteiger partial charge in [-0.3, -0.25) is 4.79 Å². The van der Waals surface area contributed by atoms with Crippen LogP contribution in [0.4, 0.5) is 5.69 Å². The summed E-state index contributed by atoms with van der Waals surface area (Å²) in [4.78, 5) is 24.4. The van der Waals surface area contributed by atoms with Crippen LogP contribution >= 0.6 is 0 Å². The smallest absolute Gasteiger partial charge is 0.338 e. The number of hydrogen-bond acceptors (Lipinski definition) is 4. The zero-order chi connectivity index (χ0) is 20.6. The Morgan fingerprint density at radius 2 is 1.55 bits per heavy atom. The predicted octanol–water partition coefficient (Wildman–Crippen LogP) is 5.15. The summed E-state index contributed by atoms with van der Waals surface area (Å²) in [6.07, 6.45) is 0.800. The van der Waals surface area contributed by atoms with Crippen molar-refractivity contribution in [1.82, 2.24) is 0 Å². The maximum absolute atomic E-state index is 12.2. The molecule has 0 aliphatic heterocycles. The molecule has 1 N–H and O–H groups in total. The first-order valence-electron chi connectivity index (χ1n) is 9.45. The van der Waals surface area contributed by atoms with Crippen molar-refractivity contribution < 1.29 is 19.1 Å². The van der Waals surface area contributed by atoms with E-state index in [-0.39, 0.29) is 12.5 Å². The van der Waals surface area contributed by atoms with E-state index in [2.05, 4.69) is 5.32 Å². The molecule has 0 unspecified atom stereocenters. The lowest BCUT2D eigenvalue weighted by Crippen LogP contribution is -2.22. The minimum absolute atomic E-state index is 0.349. The molecule has 0 aliphatic rings. The number of ether oxygens (including phenoxy) is 2. The normalized spacial score (nSPS) is 10.3. The number of anilines is 1. The van der Waals surface area contributed by atoms with Gasteiger partial charge in [-0.1, -0.05) is 43.3 Å². The molecule has 1 amide bonds. The van der Waals surface area contributed by atoms with Crippen molar-refractivity contribution in [3.63, 3.8) is 0 Å². The highest BCUT2D eigenvalue weighted by atomic mass is 16.5. The fraction of sp³-hybridized carbons (Fsp3) is 0.167. The van der Waals surface area contributed by atoms with Gasteiger partial charge in [-0.15, -0.1) is 0 Å². The Bertz CT molecular complexity index is 982. The number of rotatable bonds is 7. The molecular formula is C24H23NO4. The molecule has 0 spiro atoms. The van der Waals surface area contributed by atoms with Crippen molar-refractivity contribution >= 4 is 17.6 Å². The average molecular weight is 389 g/mol. The van der Waals surface area contributed by atoms with E-state index >= 15 is 0 Å². The lowest BCUT2D eigenvalue weighted by Gasteiger charge is -2.13. The maximum Gasteiger partial charge on any atom is 0.338 e. The molecule has 0 radical (unpaired) electrons. The number of para-hydroxylation sites is 2. The van der Waals surface area contributed by atoms with Crippen molar-refractivity contribution in [2.45, 2.75) is 20.3 Å². The Hall–Kier alpha value is -3.60. The standard InChI is InChI=1S/C24H23NO4/c1-3-18-9-7-8-17(2)23(18)25-22(26)16-28-24(27)19-12-14-21(15-13-19)29-20-10-5-4-6-11-20/h4-15H,3,16H2,1-2H3,(H,25,26). The molecule has 3 rings (SSSR count). The fourth-order valence-electron chi connectivity index (χ4n) is 2.88. The van der Waals surface area contributed by atoms with Gasteiger partial charge in [0.2, 0.25) is 0 Å². The Balaban J connectivity index is 1.55. The minimum Gasteiger partial charge on any atom is -0.457 e. The molecule has 0 aromatic heterocycles. The van der Waals surface area contributed by atoms with Gasteiger partial charge in [0, 0.05) is 5.69 Å². The number of carbonyl (C=O) groups is 2. The van der Waals surface area contributed by atoms with Gasteiger partial charge in [0.1, 0.15) is 11.5 Å². The molecule has 0 heterocycles. The number of benzene rings is 3. The van der Waals surface area contributed by atoms with E-state index in [1.54, 1.807) is 24.3 Å². The van der Waals surface area contributed by atoms with Crippen molar-refractivity contribution in [1.29, 1.82) is 0 Å². The third-order valence-corrected chi connectivity index (χ3v) is 4.41. The molecule has 0 fully saturated rings. The molecule has 5 nitrogen and oxygen atoms in total. The second-order valence-corrected chi connectivity index (χ2v) is 6.53. The van der Waals surface area contributed by atoms with Crippen molar-refractivity contribution in [2.24, 2.45) is 0 Å². The van der Waals surface area contributed by atoms with Gasteiger partial charge < -0.3 is 14.8 Å². The van der Waals surface area contributed by atoms with E-state index in [1.165, 1.54) is 0 Å². The van der Waals surface area contributed by atoms with Crippen LogP contribution in [0, 0.1) is 6.92 Å². The largest absolute Gasteiger partial charge is 0.457 e. The molecular weight excluding hydrogens is 366 g/mol. The van der Waals surface area contributed by atoms with Gasteiger partial charge in [-0.2, -0.15) is 0 Å². The van der Waals surface area contributed by atoms with Crippen molar-refractivity contribution in [2.75, 3.05) is 11.9 Å². The van der Waals surface area contributed by atoms with Gasteiger partial charge in [0.25, 0.3) is 5.91 Å². The summed E-state index contributed by atoms with van der Waals surface area (Å²) in [5, 5.41) is 2.84. The average Bonchev–Trinajstić information content (AvgIpc) is 2.74. The van der Waals surface area contributed by atoms with Crippen LogP contribution in [0.25, 0.3) is 0 Å². The number of aryl methyl sites for hydroxylation is 2. The summed E-state index contributed by atoms with van der Waals surface area (Å²) >= 11 is 0. The highest BCUT2D eigenvalue weighted by Crippen LogP contribution is 2.22. The molecule has 3 aromatic carbocycles. The van der Waals surface area contributed by atoms with Crippen LogP contribution in [0.2, 0.25) is 0 Å². The minimum atomic E-state index is -0.563. The summed E-state index contributed by atoms with van der Waals surface area (Å²) in [7, 11) is 0. The monoisotopic (exact) mass is 389 g/mol. The Kier molecular flexibility index (Phi) is 6.63. The lowest BCUT2D eigenvalue weighted by molar-refractivity contribution is -0.119. The van der Waals surface area contributed by atoms with Crippen molar-refractivity contribution in [3.05, 3.63) is 89.5 Å². The second kappa shape index (κ2) is 9.55. The summed E-state index contributed by atoms with van der Waals surface area (Å²) < 4.78 is 10.8. The van der Waals surface area contributed by atoms with Gasteiger partial charge in [-0.05, 0) is 60.9 Å². The number of amides is 1. The molecule has 3 aromatic rings. The zero-order valence-corrected chi connectivity index (χ0v) is 16.5. The van der Waals surface area contributed by atoms with Crippen LogP contribution < -0.4 is 10.1 Å². The molecule has 0 bridgehead atoms. The first kappa shape index (κ1) is 20.1. The van der Waals surface area contributed by atoms with E-state index in [9.17, 15) is 9.59 Å². The number of esters is 1. The highest BCUT2D eigenvalue weighted by molar-refractivity contribution is 5.96. The lowest BCUT2D eigenvalue weighted by atomic mass is 10.1. The first-order valence-corrected chi connectivity index (χ1v) is 9.45. The number of nitrogens with one attached hydrogen (secondary N) is 1. The summed E-state index contributed by atoms with van der Waals surface area (Å²) in [6.45, 7) is 3.61. The Labute approximate surface area is 170 Å². The Morgan fingerprint density at radius 3 is 2.24 bits per heavy atom. The summed E-state index contributed by atoms with van der Waals surface area (Å²) in [6, 6.07) is 21.8. The van der Waals surface area contributed by atoms with E-state index in [1.807, 2.05) is 62.4 Å². The number of hydrogen-bond donors (Lipinski definition) is 1. The van der Waals surface area contributed by atoms with Gasteiger partial charge >= 0.3 is 5.97 Å². The third kappa shape index (κ3) is 5.45. The quantitative estimate of drug-likeness (QED) is 0.568. The summed E-state index contributed by atoms with van der Waals surface area (Å²) in [5.41, 5.74) is 3.14. The highest BCUT2D eigenvalue weighted by Gasteiger charge is 2.13. The van der Waals surface area contributed by atoms with E-state index in [0.29, 0.717) is 17.1 Å². The Morgan fingerprint density at radius 1 is 0.862 bits per heavy atom. The van der Waals surface area contributed by atoms with Crippen molar-refractivity contribution in [3.8, 4) is 11.5 Å². The molecule has 0 saturated carbocycles. The zero-order valence-electron chi connectivity index (χ0n) is 16.5. The summed E-state index contributed by atoms with van der Waals surface area (Å²) in [5.74, 6) is 0.387. The van der Waals surface area contributed by atoms with Crippen LogP contribution in [0.1, 0.15) is 28.4 Å². The van der Waals surface area contributed by atoms with Crippen LogP contribution in [0.5, 0.6) is 11.5 Å². The van der Waals surface area contributed by atoms with Crippen LogP contribution in [0.3, 0.4) is 0 Å². The van der Waals surface area contributed by atoms with E-state index < -0.39 is 5.97 Å². The van der Waals surface area contributed by atoms with Gasteiger partial charge in [-0.25, -0.2) is 4.79 Å². The van der Waals surface area contributed by atoms with Crippen LogP contribution in [-0.4, -0.2) is 18.5 Å². The van der Waals surface area contributed by atoms with Crippen LogP contribution in [0.15, 0.2) is 72.8 Å². The topological polar surface area (TPSA) is 64.6 Å². The molecule has 5 heteroatoms. The molecule has 29 heavy (non-hydrogen) atoms. The second-order valence-electron chi connectivity index (χ2n) is 6.53. The molecule has 0 aliphatic carbocycles. The SMILES string of the molecule is CCc1cccc(C)c1NC(=O)COC(=O)c1ccc(Oc2ccccc2)cc1. The first-order chi connectivity index (χ1) is 14.1. The van der Waals surface area contributed by atoms with Gasteiger partial charge in [0.05, 0.1) is 5.56 Å². The van der Waals surface area contributed by atoms with Crippen LogP contribution in [-0.2, 0) is 16.0 Å². The number of carbonyl (C=O) groups excluding carboxylic acids is 2. The molecule has 148 valence electrons. The molecule has 0 saturated heterocycles. The predicted molar refractivity (Wildman–Crippen MR) is 112 cm³/mol.